The van der Waals surface area contributed by atoms with Gasteiger partial charge in [-0.25, -0.2) is 4.79 Å². The fourth-order valence-corrected chi connectivity index (χ4v) is 8.88. The van der Waals surface area contributed by atoms with Crippen molar-refractivity contribution in [2.45, 2.75) is 77.4 Å². The Bertz CT molecular complexity index is 1260. The zero-order valence-corrected chi connectivity index (χ0v) is 25.5. The molecule has 4 aliphatic carbocycles. The van der Waals surface area contributed by atoms with E-state index in [2.05, 4.69) is 16.3 Å². The fraction of sp³-hybridized carbons (Fsp3) is 0.583. The van der Waals surface area contributed by atoms with Crippen molar-refractivity contribution in [3.63, 3.8) is 0 Å². The predicted octanol–water partition coefficient (Wildman–Crippen LogP) is 5.95. The van der Waals surface area contributed by atoms with Gasteiger partial charge in [-0.05, 0) is 117 Å². The highest BCUT2D eigenvalue weighted by molar-refractivity contribution is 5.89. The number of carbonyl (C=O) groups excluding carboxylic acids is 3. The first-order valence-corrected chi connectivity index (χ1v) is 16.2. The lowest BCUT2D eigenvalue weighted by Crippen LogP contribution is -2.48. The summed E-state index contributed by atoms with van der Waals surface area (Å²) in [5.74, 6) is 3.66. The summed E-state index contributed by atoms with van der Waals surface area (Å²) in [7, 11) is 1.38. The summed E-state index contributed by atoms with van der Waals surface area (Å²) in [5, 5.41) is 3.00. The third kappa shape index (κ3) is 7.49. The Labute approximate surface area is 255 Å². The number of nitrogens with one attached hydrogen (secondary N) is 1. The van der Waals surface area contributed by atoms with E-state index in [4.69, 9.17) is 9.47 Å². The van der Waals surface area contributed by atoms with Gasteiger partial charge in [-0.15, -0.1) is 0 Å². The molecule has 7 heteroatoms. The monoisotopic (exact) mass is 586 g/mol. The Balaban J connectivity index is 0.909. The Morgan fingerprint density at radius 2 is 1.56 bits per heavy atom. The normalized spacial score (nSPS) is 26.7. The van der Waals surface area contributed by atoms with Crippen molar-refractivity contribution in [3.8, 4) is 5.75 Å². The van der Waals surface area contributed by atoms with Gasteiger partial charge in [0.25, 0.3) is 0 Å². The maximum absolute atomic E-state index is 12.8. The van der Waals surface area contributed by atoms with Crippen LogP contribution in [0.4, 0.5) is 0 Å². The molecular formula is C36H46N2O5. The van der Waals surface area contributed by atoms with Crippen molar-refractivity contribution in [2.75, 3.05) is 26.7 Å². The molecular weight excluding hydrogens is 540 g/mol. The molecule has 4 bridgehead atoms. The number of ketones is 1. The summed E-state index contributed by atoms with van der Waals surface area (Å²) in [4.78, 5) is 39.7. The quantitative estimate of drug-likeness (QED) is 0.310. The number of Topliss-reactive ketones (excluding diaryl/α,β-unsaturated/α-hetero) is 1. The van der Waals surface area contributed by atoms with Crippen molar-refractivity contribution in [3.05, 3.63) is 65.2 Å². The number of ether oxygens (including phenoxy) is 2. The molecule has 1 heterocycles. The molecule has 7 rings (SSSR count). The molecule has 0 aromatic heterocycles. The molecule has 0 unspecified atom stereocenters. The van der Waals surface area contributed by atoms with Gasteiger partial charge in [0, 0.05) is 24.9 Å². The van der Waals surface area contributed by atoms with Gasteiger partial charge in [0.1, 0.15) is 12.4 Å². The summed E-state index contributed by atoms with van der Waals surface area (Å²) in [5.41, 5.74) is 2.87. The Morgan fingerprint density at radius 3 is 2.21 bits per heavy atom. The van der Waals surface area contributed by atoms with Crippen molar-refractivity contribution in [1.29, 1.82) is 0 Å². The van der Waals surface area contributed by atoms with Gasteiger partial charge in [-0.3, -0.25) is 14.5 Å². The Kier molecular flexibility index (Phi) is 9.17. The molecule has 4 saturated carbocycles. The summed E-state index contributed by atoms with van der Waals surface area (Å²) >= 11 is 0. The molecule has 7 nitrogen and oxygen atoms in total. The molecule has 5 aliphatic rings. The maximum atomic E-state index is 12.8. The zero-order chi connectivity index (χ0) is 29.8. The number of piperidine rings is 1. The molecule has 1 amide bonds. The smallest absolute Gasteiger partial charge is 0.337 e. The minimum absolute atomic E-state index is 0.0872. The van der Waals surface area contributed by atoms with Gasteiger partial charge in [-0.2, -0.15) is 0 Å². The summed E-state index contributed by atoms with van der Waals surface area (Å²) in [6, 6.07) is 15.4. The Hall–Kier alpha value is -3.19. The minimum atomic E-state index is -0.347. The van der Waals surface area contributed by atoms with Crippen LogP contribution in [-0.4, -0.2) is 49.3 Å². The van der Waals surface area contributed by atoms with E-state index in [1.54, 1.807) is 12.1 Å². The second-order valence-electron chi connectivity index (χ2n) is 13.9. The maximum Gasteiger partial charge on any atom is 0.337 e. The second-order valence-corrected chi connectivity index (χ2v) is 13.9. The molecule has 43 heavy (non-hydrogen) atoms. The van der Waals surface area contributed by atoms with Gasteiger partial charge in [0.2, 0.25) is 5.91 Å². The van der Waals surface area contributed by atoms with Crippen LogP contribution in [0.2, 0.25) is 0 Å². The van der Waals surface area contributed by atoms with Crippen LogP contribution in [0.3, 0.4) is 0 Å². The van der Waals surface area contributed by atoms with E-state index in [1.165, 1.54) is 45.6 Å². The van der Waals surface area contributed by atoms with E-state index in [-0.39, 0.29) is 29.6 Å². The number of para-hydroxylation sites is 1. The molecule has 0 spiro atoms. The van der Waals surface area contributed by atoms with Crippen LogP contribution in [0.5, 0.6) is 5.75 Å². The molecule has 1 saturated heterocycles. The number of rotatable bonds is 12. The molecule has 2 aromatic carbocycles. The van der Waals surface area contributed by atoms with Crippen molar-refractivity contribution in [2.24, 2.45) is 29.1 Å². The molecule has 1 N–H and O–H groups in total. The summed E-state index contributed by atoms with van der Waals surface area (Å²) in [6.07, 6.45) is 11.0. The molecule has 5 fully saturated rings. The average Bonchev–Trinajstić information content (AvgIpc) is 2.99. The lowest BCUT2D eigenvalue weighted by atomic mass is 9.49. The van der Waals surface area contributed by atoms with Crippen LogP contribution < -0.4 is 10.1 Å². The number of methoxy groups -OCH3 is 1. The second kappa shape index (κ2) is 13.2. The number of carbonyl (C=O) groups is 3. The number of hydrogen-bond acceptors (Lipinski definition) is 6. The number of likely N-dealkylation sites (tertiary alicyclic amines) is 1. The topological polar surface area (TPSA) is 84.9 Å². The van der Waals surface area contributed by atoms with Crippen molar-refractivity contribution >= 4 is 17.7 Å². The first-order chi connectivity index (χ1) is 20.9. The first kappa shape index (κ1) is 29.9. The highest BCUT2D eigenvalue weighted by atomic mass is 16.5. The average molecular weight is 587 g/mol. The van der Waals surface area contributed by atoms with Crippen LogP contribution >= 0.6 is 0 Å². The van der Waals surface area contributed by atoms with Gasteiger partial charge in [-0.1, -0.05) is 30.3 Å². The lowest BCUT2D eigenvalue weighted by molar-refractivity contribution is -0.131. The molecule has 0 atom stereocenters. The predicted molar refractivity (Wildman–Crippen MR) is 164 cm³/mol. The van der Waals surface area contributed by atoms with Gasteiger partial charge in [0.05, 0.1) is 19.2 Å². The number of amides is 1. The lowest BCUT2D eigenvalue weighted by Gasteiger charge is -2.56. The first-order valence-electron chi connectivity index (χ1n) is 16.2. The highest BCUT2D eigenvalue weighted by Crippen LogP contribution is 2.61. The number of esters is 1. The third-order valence-corrected chi connectivity index (χ3v) is 10.5. The van der Waals surface area contributed by atoms with Crippen LogP contribution in [0.15, 0.2) is 48.5 Å². The van der Waals surface area contributed by atoms with E-state index < -0.39 is 0 Å². The zero-order valence-electron chi connectivity index (χ0n) is 25.5. The molecule has 2 aromatic rings. The number of benzene rings is 2. The van der Waals surface area contributed by atoms with Gasteiger partial charge < -0.3 is 14.8 Å². The van der Waals surface area contributed by atoms with E-state index in [0.717, 1.165) is 67.1 Å². The van der Waals surface area contributed by atoms with Crippen molar-refractivity contribution < 1.29 is 23.9 Å². The molecule has 1 aliphatic heterocycles. The largest absolute Gasteiger partial charge is 0.489 e. The molecule has 0 radical (unpaired) electrons. The Morgan fingerprint density at radius 1 is 0.907 bits per heavy atom. The van der Waals surface area contributed by atoms with Gasteiger partial charge in [0.15, 0.2) is 5.78 Å². The SMILES string of the molecule is COC(=O)c1ccc(COc2ccccc2CN2CCC(CC(=O)CNC(=O)CC34CC5CC(CC(C5)C3)C4)CC2)cc1. The number of hydrogen-bond donors (Lipinski definition) is 1. The molecule has 230 valence electrons. The summed E-state index contributed by atoms with van der Waals surface area (Å²) < 4.78 is 10.9. The van der Waals surface area contributed by atoms with Crippen LogP contribution in [-0.2, 0) is 27.5 Å². The third-order valence-electron chi connectivity index (χ3n) is 10.5. The van der Waals surface area contributed by atoms with Gasteiger partial charge >= 0.3 is 5.97 Å². The standard InChI is InChI=1S/C36H46N2O5/c1-42-35(41)30-8-6-26(7-9-30)24-43-33-5-3-2-4-31(33)23-38-12-10-25(11-13-38)17-32(39)22-37-34(40)21-36-18-27-14-28(19-36)16-29(15-27)20-36/h2-9,25,27-29H,10-24H2,1H3,(H,37,40). The van der Waals surface area contributed by atoms with Crippen LogP contribution in [0, 0.1) is 29.1 Å². The minimum Gasteiger partial charge on any atom is -0.489 e. The number of nitrogens with zero attached hydrogens (tertiary/aromatic N) is 1. The van der Waals surface area contributed by atoms with E-state index >= 15 is 0 Å². The summed E-state index contributed by atoms with van der Waals surface area (Å²) in [6.45, 7) is 3.29. The van der Waals surface area contributed by atoms with E-state index in [0.29, 0.717) is 30.9 Å². The van der Waals surface area contributed by atoms with E-state index in [1.807, 2.05) is 30.3 Å². The van der Waals surface area contributed by atoms with Crippen molar-refractivity contribution in [1.82, 2.24) is 10.2 Å². The highest BCUT2D eigenvalue weighted by Gasteiger charge is 2.51. The van der Waals surface area contributed by atoms with Crippen LogP contribution in [0.25, 0.3) is 0 Å². The van der Waals surface area contributed by atoms with E-state index in [9.17, 15) is 14.4 Å². The fourth-order valence-electron chi connectivity index (χ4n) is 8.88. The van der Waals surface area contributed by atoms with Crippen LogP contribution in [0.1, 0.15) is 85.7 Å².